The minimum absolute atomic E-state index is 0.131. The van der Waals surface area contributed by atoms with Crippen molar-refractivity contribution in [2.45, 2.75) is 12.3 Å². The monoisotopic (exact) mass is 221 g/mol. The highest BCUT2D eigenvalue weighted by molar-refractivity contribution is 6.30. The number of alkyl halides is 2. The molecule has 78 valence electrons. The first-order valence-corrected chi connectivity index (χ1v) is 4.40. The molecule has 0 saturated carbocycles. The second-order valence-electron chi connectivity index (χ2n) is 2.88. The molecule has 1 rings (SSSR count). The van der Waals surface area contributed by atoms with E-state index in [2.05, 4.69) is 0 Å². The van der Waals surface area contributed by atoms with Crippen molar-refractivity contribution < 1.29 is 13.9 Å². The highest BCUT2D eigenvalue weighted by atomic mass is 35.5. The normalized spacial score (nSPS) is 13.2. The van der Waals surface area contributed by atoms with Crippen LogP contribution in [0.2, 0.25) is 5.02 Å². The Bertz CT molecular complexity index is 320. The van der Waals surface area contributed by atoms with Crippen LogP contribution in [0.4, 0.5) is 8.78 Å². The van der Waals surface area contributed by atoms with Crippen LogP contribution in [0.1, 0.15) is 11.5 Å². The van der Waals surface area contributed by atoms with Gasteiger partial charge in [-0.2, -0.15) is 0 Å². The summed E-state index contributed by atoms with van der Waals surface area (Å²) in [6.07, 6.45) is -2.59. The van der Waals surface area contributed by atoms with Crippen LogP contribution < -0.4 is 5.73 Å². The maximum absolute atomic E-state index is 12.4. The van der Waals surface area contributed by atoms with E-state index in [-0.39, 0.29) is 17.9 Å². The molecule has 1 aromatic carbocycles. The predicted molar refractivity (Wildman–Crippen MR) is 50.9 cm³/mol. The standard InChI is InChI=1S/C9H10ClF2NO/c10-5-1-2-6(8(14)3-5)7(4-13)9(11)12/h1-3,7,9,14H,4,13H2. The summed E-state index contributed by atoms with van der Waals surface area (Å²) in [5.41, 5.74) is 5.32. The first kappa shape index (κ1) is 11.2. The van der Waals surface area contributed by atoms with Crippen molar-refractivity contribution in [2.24, 2.45) is 5.73 Å². The second kappa shape index (κ2) is 4.57. The third kappa shape index (κ3) is 2.33. The van der Waals surface area contributed by atoms with E-state index in [0.717, 1.165) is 0 Å². The zero-order valence-electron chi connectivity index (χ0n) is 7.25. The molecule has 0 aliphatic carbocycles. The van der Waals surface area contributed by atoms with Crippen LogP contribution in [0, 0.1) is 0 Å². The molecule has 0 aliphatic rings. The number of phenols is 1. The van der Waals surface area contributed by atoms with E-state index in [1.807, 2.05) is 0 Å². The smallest absolute Gasteiger partial charge is 0.246 e. The molecule has 14 heavy (non-hydrogen) atoms. The first-order valence-electron chi connectivity index (χ1n) is 4.03. The number of halogens is 3. The van der Waals surface area contributed by atoms with E-state index >= 15 is 0 Å². The molecule has 0 spiro atoms. The van der Waals surface area contributed by atoms with Gasteiger partial charge in [-0.25, -0.2) is 8.78 Å². The number of rotatable bonds is 3. The summed E-state index contributed by atoms with van der Waals surface area (Å²) in [6.45, 7) is -0.215. The molecule has 2 nitrogen and oxygen atoms in total. The minimum atomic E-state index is -2.59. The van der Waals surface area contributed by atoms with Gasteiger partial charge in [0, 0.05) is 17.1 Å². The van der Waals surface area contributed by atoms with Gasteiger partial charge in [-0.15, -0.1) is 0 Å². The molecule has 5 heteroatoms. The zero-order chi connectivity index (χ0) is 10.7. The van der Waals surface area contributed by atoms with Gasteiger partial charge in [-0.05, 0) is 12.1 Å². The molecule has 0 amide bonds. The summed E-state index contributed by atoms with van der Waals surface area (Å²) in [5, 5.41) is 9.67. The molecule has 1 unspecified atom stereocenters. The summed E-state index contributed by atoms with van der Waals surface area (Å²) >= 11 is 5.57. The number of phenolic OH excluding ortho intramolecular Hbond substituents is 1. The van der Waals surface area contributed by atoms with Crippen molar-refractivity contribution in [2.75, 3.05) is 6.54 Å². The van der Waals surface area contributed by atoms with Crippen molar-refractivity contribution in [1.82, 2.24) is 0 Å². The summed E-state index contributed by atoms with van der Waals surface area (Å²) in [5.74, 6) is -1.39. The summed E-state index contributed by atoms with van der Waals surface area (Å²) in [7, 11) is 0. The van der Waals surface area contributed by atoms with Crippen LogP contribution in [0.15, 0.2) is 18.2 Å². The largest absolute Gasteiger partial charge is 0.508 e. The quantitative estimate of drug-likeness (QED) is 0.823. The van der Waals surface area contributed by atoms with Gasteiger partial charge in [0.1, 0.15) is 5.75 Å². The third-order valence-corrected chi connectivity index (χ3v) is 2.19. The summed E-state index contributed by atoms with van der Waals surface area (Å²) in [6, 6.07) is 4.03. The fraction of sp³-hybridized carbons (Fsp3) is 0.333. The highest BCUT2D eigenvalue weighted by Gasteiger charge is 2.23. The average Bonchev–Trinajstić information content (AvgIpc) is 2.09. The maximum Gasteiger partial charge on any atom is 0.246 e. The Hall–Kier alpha value is -0.870. The fourth-order valence-electron chi connectivity index (χ4n) is 1.20. The number of hydrogen-bond acceptors (Lipinski definition) is 2. The van der Waals surface area contributed by atoms with Gasteiger partial charge in [-0.3, -0.25) is 0 Å². The molecule has 0 saturated heterocycles. The van der Waals surface area contributed by atoms with Crippen molar-refractivity contribution in [1.29, 1.82) is 0 Å². The predicted octanol–water partition coefficient (Wildman–Crippen LogP) is 2.35. The molecule has 0 heterocycles. The van der Waals surface area contributed by atoms with Gasteiger partial charge >= 0.3 is 0 Å². The Labute approximate surface area is 85.3 Å². The molecule has 1 aromatic rings. The number of benzene rings is 1. The van der Waals surface area contributed by atoms with Crippen LogP contribution in [0.3, 0.4) is 0 Å². The lowest BCUT2D eigenvalue weighted by Gasteiger charge is -2.15. The summed E-state index contributed by atoms with van der Waals surface area (Å²) < 4.78 is 24.9. The maximum atomic E-state index is 12.4. The second-order valence-corrected chi connectivity index (χ2v) is 3.32. The Kier molecular flexibility index (Phi) is 3.66. The van der Waals surface area contributed by atoms with E-state index < -0.39 is 12.3 Å². The number of hydrogen-bond donors (Lipinski definition) is 2. The van der Waals surface area contributed by atoms with Crippen molar-refractivity contribution in [3.8, 4) is 5.75 Å². The number of nitrogens with two attached hydrogens (primary N) is 1. The lowest BCUT2D eigenvalue weighted by atomic mass is 9.99. The topological polar surface area (TPSA) is 46.2 Å². The van der Waals surface area contributed by atoms with Crippen LogP contribution >= 0.6 is 11.6 Å². The van der Waals surface area contributed by atoms with Gasteiger partial charge in [-0.1, -0.05) is 17.7 Å². The van der Waals surface area contributed by atoms with Crippen LogP contribution in [0.5, 0.6) is 5.75 Å². The lowest BCUT2D eigenvalue weighted by molar-refractivity contribution is 0.116. The molecule has 0 aromatic heterocycles. The van der Waals surface area contributed by atoms with Crippen molar-refractivity contribution in [3.63, 3.8) is 0 Å². The van der Waals surface area contributed by atoms with E-state index in [1.165, 1.54) is 18.2 Å². The van der Waals surface area contributed by atoms with Crippen molar-refractivity contribution >= 4 is 11.6 Å². The molecule has 0 radical (unpaired) electrons. The number of aromatic hydroxyl groups is 1. The van der Waals surface area contributed by atoms with Crippen LogP contribution in [-0.4, -0.2) is 18.1 Å². The van der Waals surface area contributed by atoms with Crippen LogP contribution in [0.25, 0.3) is 0 Å². The van der Waals surface area contributed by atoms with Gasteiger partial charge in [0.25, 0.3) is 0 Å². The Morgan fingerprint density at radius 2 is 2.07 bits per heavy atom. The zero-order valence-corrected chi connectivity index (χ0v) is 8.01. The van der Waals surface area contributed by atoms with Gasteiger partial charge in [0.05, 0.1) is 5.92 Å². The minimum Gasteiger partial charge on any atom is -0.508 e. The van der Waals surface area contributed by atoms with Crippen LogP contribution in [-0.2, 0) is 0 Å². The first-order chi connectivity index (χ1) is 6.56. The average molecular weight is 222 g/mol. The van der Waals surface area contributed by atoms with Gasteiger partial charge < -0.3 is 10.8 Å². The molecule has 3 N–H and O–H groups in total. The third-order valence-electron chi connectivity index (χ3n) is 1.95. The Balaban J connectivity index is 3.04. The molecule has 1 atom stereocenters. The Morgan fingerprint density at radius 3 is 2.50 bits per heavy atom. The van der Waals surface area contributed by atoms with E-state index in [0.29, 0.717) is 5.02 Å². The molecule has 0 fully saturated rings. The van der Waals surface area contributed by atoms with E-state index in [9.17, 15) is 13.9 Å². The van der Waals surface area contributed by atoms with E-state index in [1.54, 1.807) is 0 Å². The highest BCUT2D eigenvalue weighted by Crippen LogP contribution is 2.31. The summed E-state index contributed by atoms with van der Waals surface area (Å²) in [4.78, 5) is 0. The Morgan fingerprint density at radius 1 is 1.43 bits per heavy atom. The van der Waals surface area contributed by atoms with Crippen molar-refractivity contribution in [3.05, 3.63) is 28.8 Å². The van der Waals surface area contributed by atoms with E-state index in [4.69, 9.17) is 17.3 Å². The van der Waals surface area contributed by atoms with Gasteiger partial charge in [0.15, 0.2) is 0 Å². The molecular weight excluding hydrogens is 212 g/mol. The molecule has 0 bridgehead atoms. The fourth-order valence-corrected chi connectivity index (χ4v) is 1.36. The van der Waals surface area contributed by atoms with Gasteiger partial charge in [0.2, 0.25) is 6.43 Å². The lowest BCUT2D eigenvalue weighted by Crippen LogP contribution is -2.19. The molecule has 0 aliphatic heterocycles. The molecular formula is C9H10ClF2NO. The SMILES string of the molecule is NCC(c1ccc(Cl)cc1O)C(F)F.